The van der Waals surface area contributed by atoms with Crippen molar-refractivity contribution in [3.63, 3.8) is 0 Å². The van der Waals surface area contributed by atoms with Crippen LogP contribution in [0.5, 0.6) is 11.5 Å². The highest BCUT2D eigenvalue weighted by molar-refractivity contribution is 5.84. The first-order valence-electron chi connectivity index (χ1n) is 12.2. The summed E-state index contributed by atoms with van der Waals surface area (Å²) in [6, 6.07) is 8.61. The van der Waals surface area contributed by atoms with E-state index in [1.807, 2.05) is 0 Å². The van der Waals surface area contributed by atoms with Gasteiger partial charge in [0, 0.05) is 23.1 Å². The second-order valence-electron chi connectivity index (χ2n) is 8.71. The van der Waals surface area contributed by atoms with Gasteiger partial charge in [0.2, 0.25) is 0 Å². The molecular formula is C29H40O3. The van der Waals surface area contributed by atoms with Crippen molar-refractivity contribution in [3.05, 3.63) is 70.3 Å². The average Bonchev–Trinajstić information content (AvgIpc) is 2.77. The van der Waals surface area contributed by atoms with E-state index in [-0.39, 0.29) is 5.92 Å². The van der Waals surface area contributed by atoms with Crippen molar-refractivity contribution in [2.45, 2.75) is 91.9 Å². The smallest absolute Gasteiger partial charge is 0.335 e. The first-order valence-corrected chi connectivity index (χ1v) is 12.2. The van der Waals surface area contributed by atoms with Gasteiger partial charge in [-0.15, -0.1) is 0 Å². The zero-order chi connectivity index (χ0) is 23.7. The highest BCUT2D eigenvalue weighted by Gasteiger charge is 2.23. The number of phenolic OH excluding ortho intramolecular Hbond substituents is 1. The van der Waals surface area contributed by atoms with Crippen LogP contribution in [-0.4, -0.2) is 11.1 Å². The average molecular weight is 437 g/mol. The van der Waals surface area contributed by atoms with E-state index in [0.29, 0.717) is 11.5 Å². The summed E-state index contributed by atoms with van der Waals surface area (Å²) < 4.78 is 5.81. The molecule has 1 unspecified atom stereocenters. The highest BCUT2D eigenvalue weighted by Crippen LogP contribution is 2.41. The third-order valence-electron chi connectivity index (χ3n) is 5.95. The number of esters is 1. The van der Waals surface area contributed by atoms with Crippen LogP contribution >= 0.6 is 0 Å². The molecule has 2 aromatic carbocycles. The molecule has 0 aromatic heterocycles. The van der Waals surface area contributed by atoms with Crippen molar-refractivity contribution in [1.82, 2.24) is 0 Å². The summed E-state index contributed by atoms with van der Waals surface area (Å²) in [7, 11) is 0. The lowest BCUT2D eigenvalue weighted by Crippen LogP contribution is -2.11. The highest BCUT2D eigenvalue weighted by atomic mass is 16.5. The van der Waals surface area contributed by atoms with Crippen LogP contribution in [-0.2, 0) is 30.5 Å². The van der Waals surface area contributed by atoms with Crippen LogP contribution in [0.1, 0.15) is 99.6 Å². The Labute approximate surface area is 194 Å². The predicted octanol–water partition coefficient (Wildman–Crippen LogP) is 7.45. The van der Waals surface area contributed by atoms with E-state index in [1.54, 1.807) is 0 Å². The largest absolute Gasteiger partial charge is 0.507 e. The molecule has 3 heteroatoms. The Hall–Kier alpha value is -2.55. The Kier molecular flexibility index (Phi) is 10.0. The third-order valence-corrected chi connectivity index (χ3v) is 5.95. The monoisotopic (exact) mass is 436 g/mol. The lowest BCUT2D eigenvalue weighted by molar-refractivity contribution is -0.129. The number of phenols is 1. The van der Waals surface area contributed by atoms with Crippen molar-refractivity contribution < 1.29 is 14.6 Å². The van der Waals surface area contributed by atoms with Crippen molar-refractivity contribution in [1.29, 1.82) is 0 Å². The number of carbonyl (C=O) groups is 1. The number of aromatic hydroxyl groups is 1. The van der Waals surface area contributed by atoms with E-state index in [1.165, 1.54) is 17.2 Å². The zero-order valence-corrected chi connectivity index (χ0v) is 20.6. The summed E-state index contributed by atoms with van der Waals surface area (Å²) in [6.45, 7) is 14.3. The molecule has 1 N–H and O–H groups in total. The number of hydrogen-bond acceptors (Lipinski definition) is 3. The summed E-state index contributed by atoms with van der Waals surface area (Å²) >= 11 is 0. The summed E-state index contributed by atoms with van der Waals surface area (Å²) in [5.41, 5.74) is 6.41. The Bertz CT molecular complexity index is 926. The lowest BCUT2D eigenvalue weighted by Gasteiger charge is -2.23. The molecule has 2 aromatic rings. The van der Waals surface area contributed by atoms with Gasteiger partial charge in [-0.1, -0.05) is 91.1 Å². The van der Waals surface area contributed by atoms with Crippen molar-refractivity contribution in [3.8, 4) is 11.5 Å². The molecule has 0 aliphatic carbocycles. The van der Waals surface area contributed by atoms with Crippen LogP contribution in [0.4, 0.5) is 0 Å². The van der Waals surface area contributed by atoms with Gasteiger partial charge in [0.05, 0.1) is 0 Å². The topological polar surface area (TPSA) is 46.5 Å². The van der Waals surface area contributed by atoms with Crippen molar-refractivity contribution in [2.24, 2.45) is 0 Å². The molecular weight excluding hydrogens is 396 g/mol. The predicted molar refractivity (Wildman–Crippen MR) is 134 cm³/mol. The van der Waals surface area contributed by atoms with Crippen LogP contribution in [0, 0.1) is 0 Å². The Morgan fingerprint density at radius 2 is 1.38 bits per heavy atom. The molecule has 32 heavy (non-hydrogen) atoms. The number of hydrogen-bond donors (Lipinski definition) is 1. The van der Waals surface area contributed by atoms with Crippen LogP contribution in [0.3, 0.4) is 0 Å². The van der Waals surface area contributed by atoms with Gasteiger partial charge in [-0.25, -0.2) is 4.79 Å². The molecule has 0 aliphatic heterocycles. The van der Waals surface area contributed by atoms with Gasteiger partial charge in [-0.05, 0) is 47.9 Å². The molecule has 0 spiro atoms. The van der Waals surface area contributed by atoms with E-state index in [0.717, 1.165) is 73.6 Å². The van der Waals surface area contributed by atoms with Crippen LogP contribution in [0.25, 0.3) is 0 Å². The van der Waals surface area contributed by atoms with E-state index in [9.17, 15) is 9.90 Å². The minimum absolute atomic E-state index is 0.109. The SMILES string of the molecule is C=CC(=O)Oc1c(CCC)cc(CCC)cc1C(C)c1cc(CCC)cc(CCC)c1O. The molecule has 0 aliphatic rings. The third kappa shape index (κ3) is 6.25. The van der Waals surface area contributed by atoms with Gasteiger partial charge in [0.15, 0.2) is 0 Å². The molecule has 0 amide bonds. The lowest BCUT2D eigenvalue weighted by atomic mass is 9.85. The number of ether oxygens (including phenoxy) is 1. The molecule has 2 rings (SSSR count). The second-order valence-corrected chi connectivity index (χ2v) is 8.71. The van der Waals surface area contributed by atoms with Gasteiger partial charge in [0.1, 0.15) is 11.5 Å². The maximum Gasteiger partial charge on any atom is 0.335 e. The van der Waals surface area contributed by atoms with E-state index >= 15 is 0 Å². The van der Waals surface area contributed by atoms with Crippen LogP contribution in [0.2, 0.25) is 0 Å². The maximum absolute atomic E-state index is 12.2. The Morgan fingerprint density at radius 1 is 0.875 bits per heavy atom. The Balaban J connectivity index is 2.73. The fourth-order valence-electron chi connectivity index (χ4n) is 4.44. The summed E-state index contributed by atoms with van der Waals surface area (Å²) in [5, 5.41) is 11.2. The van der Waals surface area contributed by atoms with Gasteiger partial charge in [-0.2, -0.15) is 0 Å². The molecule has 3 nitrogen and oxygen atoms in total. The number of rotatable bonds is 12. The first kappa shape index (κ1) is 25.7. The van der Waals surface area contributed by atoms with Gasteiger partial charge in [-0.3, -0.25) is 0 Å². The van der Waals surface area contributed by atoms with Crippen LogP contribution < -0.4 is 4.74 Å². The quantitative estimate of drug-likeness (QED) is 0.213. The molecule has 0 radical (unpaired) electrons. The van der Waals surface area contributed by atoms with E-state index < -0.39 is 5.97 Å². The van der Waals surface area contributed by atoms with Crippen molar-refractivity contribution >= 4 is 5.97 Å². The molecule has 0 bridgehead atoms. The molecule has 0 saturated heterocycles. The molecule has 174 valence electrons. The van der Waals surface area contributed by atoms with Gasteiger partial charge >= 0.3 is 5.97 Å². The summed E-state index contributed by atoms with van der Waals surface area (Å²) in [4.78, 5) is 12.2. The maximum atomic E-state index is 12.2. The first-order chi connectivity index (χ1) is 15.4. The zero-order valence-electron chi connectivity index (χ0n) is 20.6. The molecule has 0 saturated carbocycles. The fourth-order valence-corrected chi connectivity index (χ4v) is 4.44. The molecule has 0 fully saturated rings. The fraction of sp³-hybridized carbons (Fsp3) is 0.483. The number of carbonyl (C=O) groups excluding carboxylic acids is 1. The number of aryl methyl sites for hydroxylation is 4. The molecule has 0 heterocycles. The normalized spacial score (nSPS) is 11.9. The van der Waals surface area contributed by atoms with Gasteiger partial charge in [0.25, 0.3) is 0 Å². The van der Waals surface area contributed by atoms with Crippen LogP contribution in [0.15, 0.2) is 36.9 Å². The summed E-state index contributed by atoms with van der Waals surface area (Å²) in [5.74, 6) is 0.441. The van der Waals surface area contributed by atoms with E-state index in [4.69, 9.17) is 4.74 Å². The second kappa shape index (κ2) is 12.5. The molecule has 1 atom stereocenters. The van der Waals surface area contributed by atoms with Gasteiger partial charge < -0.3 is 9.84 Å². The number of benzene rings is 2. The Morgan fingerprint density at radius 3 is 1.91 bits per heavy atom. The minimum Gasteiger partial charge on any atom is -0.507 e. The standard InChI is InChI=1S/C29H40O3/c1-7-12-21-16-23(14-9-3)28(31)25(18-21)20(6)26-19-22(13-8-2)17-24(15-10-4)29(26)32-27(30)11-5/h11,16-20,31H,5,7-10,12-15H2,1-4,6H3. The minimum atomic E-state index is -0.449. The van der Waals surface area contributed by atoms with Crippen molar-refractivity contribution in [2.75, 3.05) is 0 Å². The summed E-state index contributed by atoms with van der Waals surface area (Å²) in [6.07, 6.45) is 8.87. The van der Waals surface area contributed by atoms with E-state index in [2.05, 4.69) is 65.5 Å².